The smallest absolute Gasteiger partial charge is 0.119 e. The zero-order valence-corrected chi connectivity index (χ0v) is 7.52. The first-order chi connectivity index (χ1) is 6.34. The molecule has 1 aliphatic carbocycles. The van der Waals surface area contributed by atoms with Crippen molar-refractivity contribution >= 4 is 0 Å². The number of hydrogen-bond acceptors (Lipinski definition) is 2. The van der Waals surface area contributed by atoms with Crippen molar-refractivity contribution in [2.45, 2.75) is 31.5 Å². The van der Waals surface area contributed by atoms with Crippen LogP contribution in [-0.4, -0.2) is 17.3 Å². The molecular weight excluding hydrogens is 164 g/mol. The lowest BCUT2D eigenvalue weighted by Crippen LogP contribution is -2.13. The minimum absolute atomic E-state index is 0.159. The second-order valence-corrected chi connectivity index (χ2v) is 3.52. The minimum Gasteiger partial charge on any atom is -0.490 e. The van der Waals surface area contributed by atoms with E-state index in [0.29, 0.717) is 0 Å². The number of ether oxygens (including phenoxy) is 1. The molecule has 1 fully saturated rings. The molecule has 13 heavy (non-hydrogen) atoms. The molecule has 2 rings (SSSR count). The van der Waals surface area contributed by atoms with Gasteiger partial charge in [-0.15, -0.1) is 0 Å². The third kappa shape index (κ3) is 2.22. The van der Waals surface area contributed by atoms with E-state index >= 15 is 0 Å². The van der Waals surface area contributed by atoms with Gasteiger partial charge in [0.15, 0.2) is 0 Å². The quantitative estimate of drug-likeness (QED) is 0.750. The van der Waals surface area contributed by atoms with Gasteiger partial charge in [-0.2, -0.15) is 0 Å². The molecule has 0 aromatic heterocycles. The van der Waals surface area contributed by atoms with E-state index in [0.717, 1.165) is 25.0 Å². The molecule has 0 aliphatic heterocycles. The summed E-state index contributed by atoms with van der Waals surface area (Å²) in [5, 5.41) is 9.30. The number of hydrogen-bond donors (Lipinski definition) is 1. The van der Waals surface area contributed by atoms with Gasteiger partial charge in [0.25, 0.3) is 0 Å². The van der Waals surface area contributed by atoms with Crippen LogP contribution in [0, 0.1) is 0 Å². The van der Waals surface area contributed by atoms with Gasteiger partial charge in [-0.3, -0.25) is 0 Å². The Morgan fingerprint density at radius 2 is 1.92 bits per heavy atom. The third-order valence-corrected chi connectivity index (χ3v) is 2.40. The van der Waals surface area contributed by atoms with Gasteiger partial charge in [0.05, 0.1) is 6.10 Å². The molecule has 1 aliphatic rings. The monoisotopic (exact) mass is 178 g/mol. The number of para-hydroxylation sites is 1. The van der Waals surface area contributed by atoms with E-state index in [9.17, 15) is 5.11 Å². The summed E-state index contributed by atoms with van der Waals surface area (Å²) in [5.41, 5.74) is 0. The zero-order valence-electron chi connectivity index (χ0n) is 7.52. The third-order valence-electron chi connectivity index (χ3n) is 2.40. The Kier molecular flexibility index (Phi) is 2.50. The van der Waals surface area contributed by atoms with E-state index in [1.807, 2.05) is 30.3 Å². The van der Waals surface area contributed by atoms with Crippen LogP contribution in [0.25, 0.3) is 0 Å². The van der Waals surface area contributed by atoms with Gasteiger partial charge in [0, 0.05) is 6.42 Å². The molecular formula is C11H14O2. The fourth-order valence-electron chi connectivity index (χ4n) is 1.72. The first-order valence-electron chi connectivity index (χ1n) is 4.74. The lowest BCUT2D eigenvalue weighted by atomic mass is 10.3. The topological polar surface area (TPSA) is 29.5 Å². The summed E-state index contributed by atoms with van der Waals surface area (Å²) in [7, 11) is 0. The van der Waals surface area contributed by atoms with E-state index in [1.54, 1.807) is 0 Å². The highest BCUT2D eigenvalue weighted by atomic mass is 16.5. The predicted molar refractivity (Wildman–Crippen MR) is 50.7 cm³/mol. The van der Waals surface area contributed by atoms with E-state index < -0.39 is 0 Å². The zero-order chi connectivity index (χ0) is 9.10. The van der Waals surface area contributed by atoms with Crippen molar-refractivity contribution in [2.75, 3.05) is 0 Å². The second kappa shape index (κ2) is 3.79. The van der Waals surface area contributed by atoms with Gasteiger partial charge in [-0.05, 0) is 25.0 Å². The van der Waals surface area contributed by atoms with Crippen LogP contribution in [0.5, 0.6) is 5.75 Å². The Morgan fingerprint density at radius 3 is 2.54 bits per heavy atom. The van der Waals surface area contributed by atoms with E-state index in [4.69, 9.17) is 4.74 Å². The van der Waals surface area contributed by atoms with Crippen LogP contribution < -0.4 is 4.74 Å². The predicted octanol–water partition coefficient (Wildman–Crippen LogP) is 1.98. The van der Waals surface area contributed by atoms with Gasteiger partial charge in [0.2, 0.25) is 0 Å². The van der Waals surface area contributed by atoms with Crippen molar-refractivity contribution in [2.24, 2.45) is 0 Å². The Bertz CT molecular complexity index is 258. The molecule has 0 bridgehead atoms. The highest BCUT2D eigenvalue weighted by Crippen LogP contribution is 2.24. The van der Waals surface area contributed by atoms with Crippen LogP contribution in [0.1, 0.15) is 19.3 Å². The fraction of sp³-hybridized carbons (Fsp3) is 0.455. The fourth-order valence-corrected chi connectivity index (χ4v) is 1.72. The van der Waals surface area contributed by atoms with Crippen molar-refractivity contribution in [3.63, 3.8) is 0 Å². The molecule has 1 N–H and O–H groups in total. The van der Waals surface area contributed by atoms with Gasteiger partial charge in [-0.25, -0.2) is 0 Å². The molecule has 0 unspecified atom stereocenters. The lowest BCUT2D eigenvalue weighted by molar-refractivity contribution is 0.150. The molecule has 2 atom stereocenters. The number of rotatable bonds is 2. The van der Waals surface area contributed by atoms with Crippen LogP contribution in [0.2, 0.25) is 0 Å². The van der Waals surface area contributed by atoms with Gasteiger partial charge in [-0.1, -0.05) is 18.2 Å². The Labute approximate surface area is 78.2 Å². The first kappa shape index (κ1) is 8.57. The molecule has 1 aromatic rings. The van der Waals surface area contributed by atoms with E-state index in [-0.39, 0.29) is 12.2 Å². The lowest BCUT2D eigenvalue weighted by Gasteiger charge is -2.12. The first-order valence-corrected chi connectivity index (χ1v) is 4.74. The SMILES string of the molecule is O[C@@H]1CC[C@H](Oc2ccccc2)C1. The summed E-state index contributed by atoms with van der Waals surface area (Å²) in [6.45, 7) is 0. The molecule has 2 heteroatoms. The maximum absolute atomic E-state index is 9.30. The largest absolute Gasteiger partial charge is 0.490 e. The highest BCUT2D eigenvalue weighted by molar-refractivity contribution is 5.21. The summed E-state index contributed by atoms with van der Waals surface area (Å²) in [5.74, 6) is 0.904. The van der Waals surface area contributed by atoms with Crippen molar-refractivity contribution in [1.82, 2.24) is 0 Å². The van der Waals surface area contributed by atoms with Crippen LogP contribution in [0.15, 0.2) is 30.3 Å². The summed E-state index contributed by atoms with van der Waals surface area (Å²) in [4.78, 5) is 0. The van der Waals surface area contributed by atoms with Crippen LogP contribution in [0.3, 0.4) is 0 Å². The maximum Gasteiger partial charge on any atom is 0.119 e. The summed E-state index contributed by atoms with van der Waals surface area (Å²) in [6, 6.07) is 9.78. The van der Waals surface area contributed by atoms with Gasteiger partial charge in [0.1, 0.15) is 11.9 Å². The number of benzene rings is 1. The van der Waals surface area contributed by atoms with Gasteiger partial charge >= 0.3 is 0 Å². The van der Waals surface area contributed by atoms with Crippen molar-refractivity contribution in [1.29, 1.82) is 0 Å². The molecule has 1 saturated carbocycles. The normalized spacial score (nSPS) is 27.5. The molecule has 70 valence electrons. The van der Waals surface area contributed by atoms with Crippen molar-refractivity contribution in [3.8, 4) is 5.75 Å². The van der Waals surface area contributed by atoms with Crippen LogP contribution in [0.4, 0.5) is 0 Å². The highest BCUT2D eigenvalue weighted by Gasteiger charge is 2.23. The van der Waals surface area contributed by atoms with Crippen molar-refractivity contribution < 1.29 is 9.84 Å². The van der Waals surface area contributed by atoms with E-state index in [2.05, 4.69) is 0 Å². The Balaban J connectivity index is 1.92. The Hall–Kier alpha value is -1.02. The van der Waals surface area contributed by atoms with Crippen LogP contribution in [-0.2, 0) is 0 Å². The molecule has 0 heterocycles. The molecule has 2 nitrogen and oxygen atoms in total. The summed E-state index contributed by atoms with van der Waals surface area (Å²) in [6.07, 6.45) is 2.66. The molecule has 0 spiro atoms. The Morgan fingerprint density at radius 1 is 1.15 bits per heavy atom. The molecule has 1 aromatic carbocycles. The maximum atomic E-state index is 9.30. The number of aliphatic hydroxyl groups is 1. The molecule has 0 radical (unpaired) electrons. The average molecular weight is 178 g/mol. The van der Waals surface area contributed by atoms with Crippen LogP contribution >= 0.6 is 0 Å². The minimum atomic E-state index is -0.159. The molecule has 0 amide bonds. The average Bonchev–Trinajstić information content (AvgIpc) is 2.53. The van der Waals surface area contributed by atoms with Crippen molar-refractivity contribution in [3.05, 3.63) is 30.3 Å². The summed E-state index contributed by atoms with van der Waals surface area (Å²) >= 11 is 0. The standard InChI is InChI=1S/C11H14O2/c12-9-6-7-11(8-9)13-10-4-2-1-3-5-10/h1-5,9,11-12H,6-8H2/t9-,11+/m1/s1. The molecule has 0 saturated heterocycles. The summed E-state index contributed by atoms with van der Waals surface area (Å²) < 4.78 is 5.69. The van der Waals surface area contributed by atoms with Gasteiger partial charge < -0.3 is 9.84 Å². The van der Waals surface area contributed by atoms with E-state index in [1.165, 1.54) is 0 Å². The second-order valence-electron chi connectivity index (χ2n) is 3.52. The number of aliphatic hydroxyl groups excluding tert-OH is 1.